The van der Waals surface area contributed by atoms with Crippen molar-refractivity contribution < 1.29 is 28.7 Å². The van der Waals surface area contributed by atoms with Crippen LogP contribution in [0.25, 0.3) is 90.9 Å². The molecule has 2 aliphatic heterocycles. The van der Waals surface area contributed by atoms with Gasteiger partial charge in [0.25, 0.3) is 11.8 Å². The van der Waals surface area contributed by atoms with Crippen LogP contribution in [-0.2, 0) is 9.47 Å². The van der Waals surface area contributed by atoms with Gasteiger partial charge in [0.1, 0.15) is 11.2 Å². The van der Waals surface area contributed by atoms with Crippen LogP contribution in [0.4, 0.5) is 9.59 Å². The number of aromatic amines is 2. The SMILES string of the molecule is CC(C)(C)OC(=O)NCCCCCCNC(=O)c1ccc(-c2c3nc(c(-c4ccccc4)c4ccc([nH]4)c(-c4ccc(C(=O)NCCCCCCNC(=O)OC(C)(C)C)cc4)c4nc(c(-c5ccccc5)c5ccc2[nH]5)C=C4)C=C3)cc1. The van der Waals surface area contributed by atoms with Crippen LogP contribution < -0.4 is 21.3 Å². The highest BCUT2D eigenvalue weighted by Crippen LogP contribution is 2.38. The number of carbonyl (C=O) groups is 4. The second-order valence-electron chi connectivity index (χ2n) is 22.6. The summed E-state index contributed by atoms with van der Waals surface area (Å²) in [7, 11) is 0. The van der Waals surface area contributed by atoms with E-state index in [1.165, 1.54) is 0 Å². The number of H-pyrrole nitrogens is 2. The second kappa shape index (κ2) is 26.5. The quantitative estimate of drug-likeness (QED) is 0.0406. The maximum Gasteiger partial charge on any atom is 0.407 e. The molecule has 14 heteroatoms. The molecule has 0 radical (unpaired) electrons. The molecule has 0 saturated carbocycles. The lowest BCUT2D eigenvalue weighted by Crippen LogP contribution is -2.33. The highest BCUT2D eigenvalue weighted by molar-refractivity contribution is 6.01. The summed E-state index contributed by atoms with van der Waals surface area (Å²) in [5, 5.41) is 11.8. The maximum atomic E-state index is 13.5. The molecule has 4 amide bonds. The van der Waals surface area contributed by atoms with Crippen molar-refractivity contribution in [3.05, 3.63) is 167 Å². The molecule has 2 aliphatic rings. The minimum Gasteiger partial charge on any atom is -0.444 e. The van der Waals surface area contributed by atoms with Crippen molar-refractivity contribution in [3.8, 4) is 44.5 Å². The van der Waals surface area contributed by atoms with E-state index in [1.807, 2.05) is 126 Å². The fraction of sp³-hybridized carbons (Fsp3) is 0.294. The van der Waals surface area contributed by atoms with Crippen molar-refractivity contribution in [2.75, 3.05) is 26.2 Å². The Hall–Kier alpha value is -9.04. The van der Waals surface area contributed by atoms with Crippen LogP contribution in [0.3, 0.4) is 0 Å². The first-order chi connectivity index (χ1) is 39.6. The maximum absolute atomic E-state index is 13.5. The summed E-state index contributed by atoms with van der Waals surface area (Å²) in [6.45, 7) is 13.2. The second-order valence-corrected chi connectivity index (χ2v) is 22.6. The van der Waals surface area contributed by atoms with E-state index in [0.29, 0.717) is 37.3 Å². The molecule has 3 aromatic heterocycles. The molecule has 0 unspecified atom stereocenters. The standard InChI is InChI=1S/C68H74N8O6/c1-67(2,3)81-65(79)71-43-19-9-7-17-41-69-63(77)49-29-25-47(26-30-49)61-55-37-33-51(73-55)59(45-21-13-11-14-22-45)53-35-39-57(75-53)62(58-40-36-54(76-58)60(46-23-15-12-16-24-46)52-34-38-56(61)74-52)48-27-31-50(32-28-48)64(78)70-42-18-8-10-20-44-72-66(80)82-68(4,5)6/h11-16,21-40,73,76H,7-10,17-20,41-44H2,1-6H3,(H,69,77)(H,70,78)(H,71,79)(H,72,80). The van der Waals surface area contributed by atoms with E-state index in [9.17, 15) is 19.2 Å². The van der Waals surface area contributed by atoms with Gasteiger partial charge in [-0.05, 0) is 162 Å². The molecular weight excluding hydrogens is 1020 g/mol. The number of carbonyl (C=O) groups excluding carboxylic acids is 4. The van der Waals surface area contributed by atoms with Crippen molar-refractivity contribution in [2.45, 2.75) is 104 Å². The van der Waals surface area contributed by atoms with Gasteiger partial charge in [-0.25, -0.2) is 19.6 Å². The molecule has 0 spiro atoms. The molecule has 6 N–H and O–H groups in total. The van der Waals surface area contributed by atoms with E-state index >= 15 is 0 Å². The first-order valence-electron chi connectivity index (χ1n) is 28.5. The van der Waals surface area contributed by atoms with E-state index in [4.69, 9.17) is 19.4 Å². The zero-order valence-electron chi connectivity index (χ0n) is 47.8. The van der Waals surface area contributed by atoms with Crippen molar-refractivity contribution >= 4 is 70.4 Å². The van der Waals surface area contributed by atoms with Gasteiger partial charge in [-0.15, -0.1) is 0 Å². The number of aromatic nitrogens is 4. The van der Waals surface area contributed by atoms with Crippen LogP contribution in [-0.4, -0.2) is 81.3 Å². The van der Waals surface area contributed by atoms with Gasteiger partial charge in [0, 0.05) is 81.6 Å². The Morgan fingerprint density at radius 3 is 0.939 bits per heavy atom. The van der Waals surface area contributed by atoms with Crippen molar-refractivity contribution in [3.63, 3.8) is 0 Å². The molecule has 0 fully saturated rings. The van der Waals surface area contributed by atoms with Gasteiger partial charge >= 0.3 is 12.2 Å². The average molecular weight is 1100 g/mol. The summed E-state index contributed by atoms with van der Waals surface area (Å²) >= 11 is 0. The molecule has 9 rings (SSSR count). The average Bonchev–Trinajstić information content (AvgIpc) is 4.50. The first kappa shape index (κ1) is 57.6. The Bertz CT molecular complexity index is 3380. The fourth-order valence-corrected chi connectivity index (χ4v) is 10.0. The number of rotatable bonds is 20. The van der Waals surface area contributed by atoms with E-state index in [2.05, 4.69) is 104 Å². The van der Waals surface area contributed by atoms with Gasteiger partial charge in [-0.1, -0.05) is 111 Å². The molecule has 82 heavy (non-hydrogen) atoms. The van der Waals surface area contributed by atoms with Crippen LogP contribution in [0.2, 0.25) is 0 Å². The predicted octanol–water partition coefficient (Wildman–Crippen LogP) is 15.0. The molecular formula is C68H74N8O6. The first-order valence-corrected chi connectivity index (χ1v) is 28.5. The zero-order chi connectivity index (χ0) is 57.6. The molecule has 14 nitrogen and oxygen atoms in total. The van der Waals surface area contributed by atoms with Crippen LogP contribution in [0, 0.1) is 0 Å². The van der Waals surface area contributed by atoms with Crippen LogP contribution in [0.15, 0.2) is 133 Å². The monoisotopic (exact) mass is 1100 g/mol. The summed E-state index contributed by atoms with van der Waals surface area (Å²) in [5.74, 6) is -0.285. The van der Waals surface area contributed by atoms with Gasteiger partial charge < -0.3 is 40.7 Å². The Kier molecular flexibility index (Phi) is 18.6. The Morgan fingerprint density at radius 1 is 0.366 bits per heavy atom. The largest absolute Gasteiger partial charge is 0.444 e. The van der Waals surface area contributed by atoms with Gasteiger partial charge in [-0.3, -0.25) is 9.59 Å². The highest BCUT2D eigenvalue weighted by atomic mass is 16.6. The lowest BCUT2D eigenvalue weighted by atomic mass is 10.0. The number of hydrogen-bond donors (Lipinski definition) is 6. The Labute approximate surface area is 480 Å². The van der Waals surface area contributed by atoms with Crippen molar-refractivity contribution in [1.29, 1.82) is 0 Å². The lowest BCUT2D eigenvalue weighted by Gasteiger charge is -2.19. The number of benzene rings is 4. The van der Waals surface area contributed by atoms with Gasteiger partial charge in [0.15, 0.2) is 0 Å². The van der Waals surface area contributed by atoms with Gasteiger partial charge in [-0.2, -0.15) is 0 Å². The Morgan fingerprint density at radius 2 is 0.646 bits per heavy atom. The summed E-state index contributed by atoms with van der Waals surface area (Å²) in [4.78, 5) is 69.3. The molecule has 422 valence electrons. The smallest absolute Gasteiger partial charge is 0.407 e. The summed E-state index contributed by atoms with van der Waals surface area (Å²) < 4.78 is 10.6. The molecule has 5 heterocycles. The van der Waals surface area contributed by atoms with Crippen LogP contribution in [0.1, 0.15) is 136 Å². The topological polar surface area (TPSA) is 192 Å². The van der Waals surface area contributed by atoms with Crippen LogP contribution >= 0.6 is 0 Å². The van der Waals surface area contributed by atoms with E-state index < -0.39 is 23.4 Å². The number of ether oxygens (including phenoxy) is 2. The molecule has 7 aromatic rings. The fourth-order valence-electron chi connectivity index (χ4n) is 10.0. The number of hydrogen-bond acceptors (Lipinski definition) is 8. The number of nitrogens with one attached hydrogen (secondary N) is 6. The lowest BCUT2D eigenvalue weighted by molar-refractivity contribution is 0.0515. The highest BCUT2D eigenvalue weighted by Gasteiger charge is 2.21. The van der Waals surface area contributed by atoms with Crippen LogP contribution in [0.5, 0.6) is 0 Å². The summed E-state index contributed by atoms with van der Waals surface area (Å²) in [6, 6.07) is 44.2. The molecule has 0 saturated heterocycles. The van der Waals surface area contributed by atoms with Crippen molar-refractivity contribution in [2.24, 2.45) is 0 Å². The van der Waals surface area contributed by atoms with Gasteiger partial charge in [0.05, 0.1) is 22.8 Å². The minimum absolute atomic E-state index is 0.142. The van der Waals surface area contributed by atoms with Gasteiger partial charge in [0.2, 0.25) is 0 Å². The minimum atomic E-state index is -0.532. The predicted molar refractivity (Wildman–Crippen MR) is 331 cm³/mol. The van der Waals surface area contributed by atoms with E-state index in [1.54, 1.807) is 0 Å². The zero-order valence-corrected chi connectivity index (χ0v) is 47.8. The molecule has 4 aromatic carbocycles. The van der Waals surface area contributed by atoms with Crippen molar-refractivity contribution in [1.82, 2.24) is 41.2 Å². The number of nitrogens with zero attached hydrogens (tertiary/aromatic N) is 2. The number of alkyl carbamates (subject to hydrolysis) is 2. The summed E-state index contributed by atoms with van der Waals surface area (Å²) in [5.41, 5.74) is 13.8. The normalized spacial score (nSPS) is 12.0. The third-order valence-corrected chi connectivity index (χ3v) is 13.9. The number of unbranched alkanes of at least 4 members (excludes halogenated alkanes) is 6. The van der Waals surface area contributed by atoms with E-state index in [-0.39, 0.29) is 11.8 Å². The number of amides is 4. The third-order valence-electron chi connectivity index (χ3n) is 13.9. The molecule has 8 bridgehead atoms. The third kappa shape index (κ3) is 15.2. The molecule has 0 atom stereocenters. The Balaban J connectivity index is 1.02. The van der Waals surface area contributed by atoms with E-state index in [0.717, 1.165) is 141 Å². The molecule has 0 aliphatic carbocycles. The summed E-state index contributed by atoms with van der Waals surface area (Å²) in [6.07, 6.45) is 14.4. The number of fused-ring (bicyclic) bond motifs is 8.